The Morgan fingerprint density at radius 1 is 1.43 bits per heavy atom. The molecule has 0 radical (unpaired) electrons. The van der Waals surface area contributed by atoms with Crippen molar-refractivity contribution in [3.63, 3.8) is 0 Å². The van der Waals surface area contributed by atoms with Crippen molar-refractivity contribution in [3.8, 4) is 5.75 Å². The Hall–Kier alpha value is -1.89. The SMILES string of the molecule is CC(CNC(=O)c1cc(Cl)ccc1OC(F)F)CC(=O)O. The van der Waals surface area contributed by atoms with Crippen LogP contribution in [0.2, 0.25) is 5.02 Å². The summed E-state index contributed by atoms with van der Waals surface area (Å²) < 4.78 is 28.8. The van der Waals surface area contributed by atoms with E-state index in [2.05, 4.69) is 10.1 Å². The van der Waals surface area contributed by atoms with Crippen LogP contribution in [0.3, 0.4) is 0 Å². The molecule has 0 aliphatic rings. The molecule has 1 atom stereocenters. The topological polar surface area (TPSA) is 75.6 Å². The van der Waals surface area contributed by atoms with Gasteiger partial charge >= 0.3 is 12.6 Å². The average molecular weight is 322 g/mol. The Morgan fingerprint density at radius 2 is 2.10 bits per heavy atom. The number of carboxylic acids is 1. The number of ether oxygens (including phenoxy) is 1. The van der Waals surface area contributed by atoms with E-state index in [1.54, 1.807) is 6.92 Å². The van der Waals surface area contributed by atoms with E-state index in [-0.39, 0.29) is 35.2 Å². The van der Waals surface area contributed by atoms with Gasteiger partial charge in [0.05, 0.1) is 5.56 Å². The molecule has 0 heterocycles. The Morgan fingerprint density at radius 3 is 2.67 bits per heavy atom. The maximum Gasteiger partial charge on any atom is 0.387 e. The maximum absolute atomic E-state index is 12.3. The molecule has 2 N–H and O–H groups in total. The molecule has 1 unspecified atom stereocenters. The monoisotopic (exact) mass is 321 g/mol. The number of amides is 1. The summed E-state index contributed by atoms with van der Waals surface area (Å²) in [6.07, 6.45) is -0.115. The van der Waals surface area contributed by atoms with Crippen molar-refractivity contribution in [3.05, 3.63) is 28.8 Å². The number of carboxylic acid groups (broad SMARTS) is 1. The third kappa shape index (κ3) is 5.95. The molecule has 1 aromatic rings. The molecule has 0 bridgehead atoms. The molecule has 0 saturated heterocycles. The van der Waals surface area contributed by atoms with Crippen LogP contribution < -0.4 is 10.1 Å². The van der Waals surface area contributed by atoms with Crippen molar-refractivity contribution >= 4 is 23.5 Å². The predicted molar refractivity (Wildman–Crippen MR) is 71.8 cm³/mol. The summed E-state index contributed by atoms with van der Waals surface area (Å²) in [6, 6.07) is 3.70. The molecule has 1 aromatic carbocycles. The minimum absolute atomic E-state index is 0.0891. The van der Waals surface area contributed by atoms with Gasteiger partial charge < -0.3 is 15.2 Å². The van der Waals surface area contributed by atoms with Gasteiger partial charge in [-0.05, 0) is 24.1 Å². The first-order valence-corrected chi connectivity index (χ1v) is 6.41. The van der Waals surface area contributed by atoms with Gasteiger partial charge in [-0.15, -0.1) is 0 Å². The Labute approximate surface area is 124 Å². The number of nitrogens with one attached hydrogen (secondary N) is 1. The molecule has 0 aliphatic heterocycles. The molecule has 0 aliphatic carbocycles. The van der Waals surface area contributed by atoms with Crippen molar-refractivity contribution < 1.29 is 28.2 Å². The van der Waals surface area contributed by atoms with E-state index < -0.39 is 18.5 Å². The average Bonchev–Trinajstić information content (AvgIpc) is 2.36. The first-order chi connectivity index (χ1) is 9.79. The fourth-order valence-corrected chi connectivity index (χ4v) is 1.78. The van der Waals surface area contributed by atoms with Crippen LogP contribution in [0.1, 0.15) is 23.7 Å². The molecule has 5 nitrogen and oxygen atoms in total. The number of halogens is 3. The van der Waals surface area contributed by atoms with E-state index in [1.165, 1.54) is 18.2 Å². The Bertz CT molecular complexity index is 525. The number of carbonyl (C=O) groups excluding carboxylic acids is 1. The van der Waals surface area contributed by atoms with Gasteiger partial charge in [0.15, 0.2) is 0 Å². The smallest absolute Gasteiger partial charge is 0.387 e. The lowest BCUT2D eigenvalue weighted by Gasteiger charge is -2.13. The van der Waals surface area contributed by atoms with Crippen LogP contribution in [-0.2, 0) is 4.79 Å². The van der Waals surface area contributed by atoms with Crippen molar-refractivity contribution in [2.75, 3.05) is 6.54 Å². The summed E-state index contributed by atoms with van der Waals surface area (Å²) in [5.41, 5.74) is -0.134. The molecular formula is C13H14ClF2NO4. The highest BCUT2D eigenvalue weighted by atomic mass is 35.5. The normalized spacial score (nSPS) is 12.0. The first-order valence-electron chi connectivity index (χ1n) is 6.04. The van der Waals surface area contributed by atoms with Crippen LogP contribution in [0.4, 0.5) is 8.78 Å². The molecule has 0 fully saturated rings. The minimum Gasteiger partial charge on any atom is -0.481 e. The zero-order chi connectivity index (χ0) is 16.0. The van der Waals surface area contributed by atoms with Crippen LogP contribution in [0.25, 0.3) is 0 Å². The molecule has 0 spiro atoms. The number of hydrogen-bond acceptors (Lipinski definition) is 3. The summed E-state index contributed by atoms with van der Waals surface area (Å²) in [5.74, 6) is -2.24. The van der Waals surface area contributed by atoms with Crippen molar-refractivity contribution in [2.45, 2.75) is 20.0 Å². The quantitative estimate of drug-likeness (QED) is 0.809. The van der Waals surface area contributed by atoms with Crippen LogP contribution in [0.15, 0.2) is 18.2 Å². The van der Waals surface area contributed by atoms with E-state index in [0.29, 0.717) is 0 Å². The minimum atomic E-state index is -3.07. The van der Waals surface area contributed by atoms with Gasteiger partial charge in [0.2, 0.25) is 0 Å². The van der Waals surface area contributed by atoms with Gasteiger partial charge in [-0.2, -0.15) is 8.78 Å². The zero-order valence-corrected chi connectivity index (χ0v) is 11.9. The van der Waals surface area contributed by atoms with E-state index in [9.17, 15) is 18.4 Å². The molecule has 0 aromatic heterocycles. The molecule has 1 amide bonds. The summed E-state index contributed by atoms with van der Waals surface area (Å²) in [7, 11) is 0. The van der Waals surface area contributed by atoms with Crippen LogP contribution in [-0.4, -0.2) is 30.1 Å². The standard InChI is InChI=1S/C13H14ClF2NO4/c1-7(4-11(18)19)6-17-12(20)9-5-8(14)2-3-10(9)21-13(15)16/h2-3,5,7,13H,4,6H2,1H3,(H,17,20)(H,18,19). The van der Waals surface area contributed by atoms with E-state index in [0.717, 1.165) is 0 Å². The van der Waals surface area contributed by atoms with Crippen molar-refractivity contribution in [2.24, 2.45) is 5.92 Å². The number of rotatable bonds is 7. The fraction of sp³-hybridized carbons (Fsp3) is 0.385. The molecule has 116 valence electrons. The second-order valence-corrected chi connectivity index (χ2v) is 4.87. The fourth-order valence-electron chi connectivity index (χ4n) is 1.61. The molecule has 8 heteroatoms. The van der Waals surface area contributed by atoms with Gasteiger partial charge in [-0.1, -0.05) is 18.5 Å². The lowest BCUT2D eigenvalue weighted by atomic mass is 10.1. The largest absolute Gasteiger partial charge is 0.481 e. The second-order valence-electron chi connectivity index (χ2n) is 4.43. The zero-order valence-electron chi connectivity index (χ0n) is 11.1. The summed E-state index contributed by atoms with van der Waals surface area (Å²) in [5, 5.41) is 11.3. The number of aliphatic carboxylic acids is 1. The highest BCUT2D eigenvalue weighted by molar-refractivity contribution is 6.31. The van der Waals surface area contributed by atoms with Crippen molar-refractivity contribution in [1.82, 2.24) is 5.32 Å². The summed E-state index contributed by atoms with van der Waals surface area (Å²) in [4.78, 5) is 22.5. The molecule has 21 heavy (non-hydrogen) atoms. The van der Waals surface area contributed by atoms with E-state index >= 15 is 0 Å². The van der Waals surface area contributed by atoms with Crippen LogP contribution in [0, 0.1) is 5.92 Å². The van der Waals surface area contributed by atoms with Gasteiger partial charge in [-0.25, -0.2) is 0 Å². The number of benzene rings is 1. The molecule has 0 saturated carbocycles. The van der Waals surface area contributed by atoms with Crippen molar-refractivity contribution in [1.29, 1.82) is 0 Å². The lowest BCUT2D eigenvalue weighted by Crippen LogP contribution is -2.29. The van der Waals surface area contributed by atoms with Crippen LogP contribution >= 0.6 is 11.6 Å². The van der Waals surface area contributed by atoms with Gasteiger partial charge in [0.25, 0.3) is 5.91 Å². The Balaban J connectivity index is 2.76. The maximum atomic E-state index is 12.3. The molecule has 1 rings (SSSR count). The Kier molecular flexibility index (Phi) is 6.36. The first kappa shape index (κ1) is 17.2. The second kappa shape index (κ2) is 7.78. The van der Waals surface area contributed by atoms with Crippen LogP contribution in [0.5, 0.6) is 5.75 Å². The highest BCUT2D eigenvalue weighted by Crippen LogP contribution is 2.24. The van der Waals surface area contributed by atoms with Gasteiger partial charge in [-0.3, -0.25) is 9.59 Å². The predicted octanol–water partition coefficient (Wildman–Crippen LogP) is 2.78. The number of hydrogen-bond donors (Lipinski definition) is 2. The molecular weight excluding hydrogens is 308 g/mol. The number of carbonyl (C=O) groups is 2. The van der Waals surface area contributed by atoms with E-state index in [4.69, 9.17) is 16.7 Å². The number of alkyl halides is 2. The van der Waals surface area contributed by atoms with Gasteiger partial charge in [0, 0.05) is 18.0 Å². The highest BCUT2D eigenvalue weighted by Gasteiger charge is 2.17. The lowest BCUT2D eigenvalue weighted by molar-refractivity contribution is -0.137. The van der Waals surface area contributed by atoms with E-state index in [1.807, 2.05) is 0 Å². The van der Waals surface area contributed by atoms with Gasteiger partial charge in [0.1, 0.15) is 5.75 Å². The summed E-state index contributed by atoms with van der Waals surface area (Å²) >= 11 is 5.73. The summed E-state index contributed by atoms with van der Waals surface area (Å²) in [6.45, 7) is -1.34. The third-order valence-corrected chi connectivity index (χ3v) is 2.77. The third-order valence-electron chi connectivity index (χ3n) is 2.54.